The van der Waals surface area contributed by atoms with Crippen LogP contribution in [0.5, 0.6) is 11.5 Å². The van der Waals surface area contributed by atoms with E-state index >= 15 is 0 Å². The molecule has 0 bridgehead atoms. The molecule has 0 N–H and O–H groups in total. The molecule has 1 heterocycles. The highest BCUT2D eigenvalue weighted by molar-refractivity contribution is 7.99. The summed E-state index contributed by atoms with van der Waals surface area (Å²) in [5.74, 6) is 3.26. The van der Waals surface area contributed by atoms with Crippen molar-refractivity contribution in [3.63, 3.8) is 0 Å². The first-order chi connectivity index (χ1) is 14.7. The number of hydrogen-bond donors (Lipinski definition) is 0. The van der Waals surface area contributed by atoms with E-state index in [4.69, 9.17) is 9.47 Å². The zero-order chi connectivity index (χ0) is 20.8. The second-order valence-corrected chi connectivity index (χ2v) is 7.78. The van der Waals surface area contributed by atoms with Crippen LogP contribution < -0.4 is 9.47 Å². The Morgan fingerprint density at radius 2 is 1.67 bits per heavy atom. The number of methoxy groups -OCH3 is 1. The fourth-order valence-corrected chi connectivity index (χ4v) is 3.88. The zero-order valence-corrected chi connectivity index (χ0v) is 17.8. The van der Waals surface area contributed by atoms with Crippen LogP contribution in [0.4, 0.5) is 0 Å². The molecule has 152 valence electrons. The largest absolute Gasteiger partial charge is 0.497 e. The van der Waals surface area contributed by atoms with Crippen LogP contribution in [-0.4, -0.2) is 34.2 Å². The van der Waals surface area contributed by atoms with Gasteiger partial charge in [-0.05, 0) is 49.4 Å². The van der Waals surface area contributed by atoms with Gasteiger partial charge in [-0.1, -0.05) is 53.7 Å². The van der Waals surface area contributed by atoms with Gasteiger partial charge in [0.05, 0.1) is 13.7 Å². The van der Waals surface area contributed by atoms with E-state index in [0.717, 1.165) is 39.5 Å². The number of para-hydroxylation sites is 1. The molecule has 0 saturated carbocycles. The Balaban J connectivity index is 1.59. The van der Waals surface area contributed by atoms with Gasteiger partial charge in [0.2, 0.25) is 0 Å². The molecule has 4 aromatic rings. The average molecular weight is 418 g/mol. The van der Waals surface area contributed by atoms with E-state index in [2.05, 4.69) is 39.9 Å². The van der Waals surface area contributed by atoms with Gasteiger partial charge >= 0.3 is 0 Å². The van der Waals surface area contributed by atoms with Crippen molar-refractivity contribution in [2.45, 2.75) is 12.1 Å². The summed E-state index contributed by atoms with van der Waals surface area (Å²) in [5, 5.41) is 9.81. The van der Waals surface area contributed by atoms with E-state index in [1.807, 2.05) is 60.7 Å². The van der Waals surface area contributed by atoms with Crippen LogP contribution in [0.2, 0.25) is 0 Å². The molecule has 0 atom stereocenters. The summed E-state index contributed by atoms with van der Waals surface area (Å²) >= 11 is 1.62. The summed E-state index contributed by atoms with van der Waals surface area (Å²) in [6.07, 6.45) is 0. The number of nitrogens with zero attached hydrogens (tertiary/aromatic N) is 3. The van der Waals surface area contributed by atoms with Gasteiger partial charge in [-0.3, -0.25) is 4.57 Å². The summed E-state index contributed by atoms with van der Waals surface area (Å²) in [6, 6.07) is 26.1. The van der Waals surface area contributed by atoms with E-state index in [-0.39, 0.29) is 0 Å². The average Bonchev–Trinajstić information content (AvgIpc) is 3.21. The number of rotatable bonds is 8. The van der Waals surface area contributed by atoms with E-state index in [0.29, 0.717) is 6.61 Å². The lowest BCUT2D eigenvalue weighted by Crippen LogP contribution is -2.03. The lowest BCUT2D eigenvalue weighted by Gasteiger charge is -2.12. The summed E-state index contributed by atoms with van der Waals surface area (Å²) in [6.45, 7) is 2.66. The maximum absolute atomic E-state index is 5.82. The van der Waals surface area contributed by atoms with E-state index in [1.54, 1.807) is 18.9 Å². The Labute approximate surface area is 180 Å². The molecule has 0 aliphatic rings. The van der Waals surface area contributed by atoms with Crippen molar-refractivity contribution in [2.24, 2.45) is 0 Å². The molecule has 0 fully saturated rings. The van der Waals surface area contributed by atoms with Gasteiger partial charge in [-0.2, -0.15) is 0 Å². The van der Waals surface area contributed by atoms with Gasteiger partial charge in [0, 0.05) is 17.0 Å². The highest BCUT2D eigenvalue weighted by Gasteiger charge is 2.16. The molecule has 0 unspecified atom stereocenters. The van der Waals surface area contributed by atoms with Gasteiger partial charge in [0.15, 0.2) is 11.0 Å². The van der Waals surface area contributed by atoms with Crippen LogP contribution in [0.3, 0.4) is 0 Å². The summed E-state index contributed by atoms with van der Waals surface area (Å²) in [7, 11) is 1.67. The fraction of sp³-hybridized carbons (Fsp3) is 0.167. The molecule has 5 nitrogen and oxygen atoms in total. The normalized spacial score (nSPS) is 10.7. The van der Waals surface area contributed by atoms with E-state index < -0.39 is 0 Å². The summed E-state index contributed by atoms with van der Waals surface area (Å²) in [4.78, 5) is 0. The van der Waals surface area contributed by atoms with Crippen molar-refractivity contribution in [1.82, 2.24) is 14.8 Å². The van der Waals surface area contributed by atoms with Crippen LogP contribution in [0.15, 0.2) is 84.0 Å². The molecule has 3 aromatic carbocycles. The minimum atomic E-state index is 0.587. The van der Waals surface area contributed by atoms with Crippen molar-refractivity contribution in [2.75, 3.05) is 19.5 Å². The molecule has 0 saturated heterocycles. The number of aryl methyl sites for hydroxylation is 1. The second kappa shape index (κ2) is 9.50. The molecular formula is C24H23N3O2S. The maximum Gasteiger partial charge on any atom is 0.196 e. The maximum atomic E-state index is 5.82. The molecule has 30 heavy (non-hydrogen) atoms. The molecule has 0 radical (unpaired) electrons. The second-order valence-electron chi connectivity index (χ2n) is 6.72. The Bertz CT molecular complexity index is 1100. The lowest BCUT2D eigenvalue weighted by atomic mass is 10.1. The van der Waals surface area contributed by atoms with Crippen LogP contribution in [0.25, 0.3) is 17.1 Å². The highest BCUT2D eigenvalue weighted by atomic mass is 32.2. The predicted molar refractivity (Wildman–Crippen MR) is 121 cm³/mol. The number of benzene rings is 3. The summed E-state index contributed by atoms with van der Waals surface area (Å²) < 4.78 is 13.2. The third-order valence-corrected chi connectivity index (χ3v) is 5.46. The van der Waals surface area contributed by atoms with Gasteiger partial charge in [0.1, 0.15) is 11.5 Å². The zero-order valence-electron chi connectivity index (χ0n) is 17.0. The SMILES string of the molecule is COc1ccc(-n2c(SCCOc3ccccc3)nnc2-c2cccc(C)c2)cc1. The topological polar surface area (TPSA) is 49.2 Å². The molecule has 4 rings (SSSR count). The van der Waals surface area contributed by atoms with Crippen molar-refractivity contribution in [3.8, 4) is 28.6 Å². The van der Waals surface area contributed by atoms with Gasteiger partial charge in [-0.25, -0.2) is 0 Å². The third kappa shape index (κ3) is 4.66. The first-order valence-corrected chi connectivity index (χ1v) is 10.7. The molecule has 0 amide bonds. The van der Waals surface area contributed by atoms with Gasteiger partial charge < -0.3 is 9.47 Å². The van der Waals surface area contributed by atoms with E-state index in [9.17, 15) is 0 Å². The van der Waals surface area contributed by atoms with Crippen molar-refractivity contribution >= 4 is 11.8 Å². The number of hydrogen-bond acceptors (Lipinski definition) is 5. The molecule has 0 spiro atoms. The van der Waals surface area contributed by atoms with E-state index in [1.165, 1.54) is 5.56 Å². The minimum Gasteiger partial charge on any atom is -0.497 e. The molecule has 0 aliphatic heterocycles. The van der Waals surface area contributed by atoms with Crippen molar-refractivity contribution < 1.29 is 9.47 Å². The predicted octanol–water partition coefficient (Wildman–Crippen LogP) is 5.42. The van der Waals surface area contributed by atoms with Crippen LogP contribution >= 0.6 is 11.8 Å². The minimum absolute atomic E-state index is 0.587. The quantitative estimate of drug-likeness (QED) is 0.283. The molecule has 6 heteroatoms. The fourth-order valence-electron chi connectivity index (χ4n) is 3.11. The Morgan fingerprint density at radius 1 is 0.867 bits per heavy atom. The summed E-state index contributed by atoms with van der Waals surface area (Å²) in [5.41, 5.74) is 3.21. The van der Waals surface area contributed by atoms with Crippen LogP contribution in [-0.2, 0) is 0 Å². The highest BCUT2D eigenvalue weighted by Crippen LogP contribution is 2.29. The Morgan fingerprint density at radius 3 is 2.40 bits per heavy atom. The van der Waals surface area contributed by atoms with Crippen molar-refractivity contribution in [3.05, 3.63) is 84.4 Å². The molecule has 1 aromatic heterocycles. The standard InChI is InChI=1S/C24H23N3O2S/c1-18-7-6-8-19(17-18)23-25-26-24(27(23)20-11-13-21(28-2)14-12-20)30-16-15-29-22-9-4-3-5-10-22/h3-14,17H,15-16H2,1-2H3. The Kier molecular flexibility index (Phi) is 6.35. The van der Waals surface area contributed by atoms with Gasteiger partial charge in [0.25, 0.3) is 0 Å². The third-order valence-electron chi connectivity index (χ3n) is 4.57. The Hall–Kier alpha value is -3.25. The van der Waals surface area contributed by atoms with Crippen molar-refractivity contribution in [1.29, 1.82) is 0 Å². The number of aromatic nitrogens is 3. The van der Waals surface area contributed by atoms with Crippen LogP contribution in [0.1, 0.15) is 5.56 Å². The molecule has 0 aliphatic carbocycles. The number of thioether (sulfide) groups is 1. The van der Waals surface area contributed by atoms with Gasteiger partial charge in [-0.15, -0.1) is 10.2 Å². The molecular weight excluding hydrogens is 394 g/mol. The lowest BCUT2D eigenvalue weighted by molar-refractivity contribution is 0.344. The smallest absolute Gasteiger partial charge is 0.196 e. The van der Waals surface area contributed by atoms with Crippen LogP contribution in [0, 0.1) is 6.92 Å². The number of ether oxygens (including phenoxy) is 2. The monoisotopic (exact) mass is 417 g/mol. The first kappa shape index (κ1) is 20.0. The first-order valence-electron chi connectivity index (χ1n) is 9.72.